The van der Waals surface area contributed by atoms with E-state index in [2.05, 4.69) is 10.6 Å². The van der Waals surface area contributed by atoms with E-state index in [1.54, 1.807) is 0 Å². The molecule has 5 nitrogen and oxygen atoms in total. The fourth-order valence-corrected chi connectivity index (χ4v) is 3.87. The van der Waals surface area contributed by atoms with Crippen LogP contribution in [-0.2, 0) is 4.79 Å². The Morgan fingerprint density at radius 1 is 1.23 bits per heavy atom. The molecule has 0 spiro atoms. The van der Waals surface area contributed by atoms with E-state index in [0.717, 1.165) is 40.1 Å². The predicted molar refractivity (Wildman–Crippen MR) is 103 cm³/mol. The molecule has 3 aromatic rings. The number of nitrogens with one attached hydrogen (secondary N) is 2. The quantitative estimate of drug-likeness (QED) is 0.689. The number of furan rings is 1. The third-order valence-corrected chi connectivity index (χ3v) is 5.69. The smallest absolute Gasteiger partial charge is 0.262 e. The van der Waals surface area contributed by atoms with Gasteiger partial charge in [-0.15, -0.1) is 11.3 Å². The van der Waals surface area contributed by atoms with Crippen molar-refractivity contribution in [2.24, 2.45) is 5.92 Å². The number of thiophene rings is 1. The highest BCUT2D eigenvalue weighted by atomic mass is 32.1. The second-order valence-electron chi connectivity index (χ2n) is 6.77. The predicted octanol–water partition coefficient (Wildman–Crippen LogP) is 4.64. The highest BCUT2D eigenvalue weighted by molar-refractivity contribution is 7.18. The summed E-state index contributed by atoms with van der Waals surface area (Å²) in [5.41, 5.74) is 1.66. The second kappa shape index (κ2) is 6.61. The highest BCUT2D eigenvalue weighted by Gasteiger charge is 2.30. The fourth-order valence-electron chi connectivity index (χ4n) is 2.89. The Kier molecular flexibility index (Phi) is 4.28. The van der Waals surface area contributed by atoms with Gasteiger partial charge in [0.15, 0.2) is 0 Å². The number of carbonyl (C=O) groups is 2. The van der Waals surface area contributed by atoms with Crippen molar-refractivity contribution in [2.45, 2.75) is 32.7 Å². The number of anilines is 1. The van der Waals surface area contributed by atoms with Crippen LogP contribution in [0.4, 0.5) is 5.00 Å². The van der Waals surface area contributed by atoms with Gasteiger partial charge in [-0.1, -0.05) is 18.2 Å². The van der Waals surface area contributed by atoms with Gasteiger partial charge in [0.05, 0.1) is 15.9 Å². The molecule has 0 aliphatic heterocycles. The number of rotatable bonds is 5. The molecule has 134 valence electrons. The summed E-state index contributed by atoms with van der Waals surface area (Å²) in [5.74, 6) is 0.750. The van der Waals surface area contributed by atoms with Crippen molar-refractivity contribution in [3.8, 4) is 0 Å². The molecule has 0 saturated heterocycles. The van der Waals surface area contributed by atoms with E-state index in [9.17, 15) is 9.59 Å². The fraction of sp³-hybridized carbons (Fsp3) is 0.300. The molecule has 0 bridgehead atoms. The number of hydrogen-bond donors (Lipinski definition) is 2. The molecule has 1 aromatic carbocycles. The first kappa shape index (κ1) is 16.8. The summed E-state index contributed by atoms with van der Waals surface area (Å²) in [5, 5.41) is 7.62. The Bertz CT molecular complexity index is 951. The van der Waals surface area contributed by atoms with Gasteiger partial charge in [-0.25, -0.2) is 0 Å². The van der Waals surface area contributed by atoms with Gasteiger partial charge in [0.25, 0.3) is 5.91 Å². The molecule has 1 aliphatic rings. The Hall–Kier alpha value is -2.60. The van der Waals surface area contributed by atoms with Gasteiger partial charge >= 0.3 is 0 Å². The van der Waals surface area contributed by atoms with Crippen LogP contribution in [0.2, 0.25) is 0 Å². The number of carbonyl (C=O) groups excluding carboxylic acids is 2. The van der Waals surface area contributed by atoms with Crippen molar-refractivity contribution in [1.29, 1.82) is 0 Å². The van der Waals surface area contributed by atoms with Crippen LogP contribution in [0.1, 0.15) is 46.8 Å². The molecule has 4 rings (SSSR count). The Balaban J connectivity index is 1.46. The van der Waals surface area contributed by atoms with Crippen LogP contribution in [0.15, 0.2) is 40.8 Å². The van der Waals surface area contributed by atoms with Crippen molar-refractivity contribution in [3.63, 3.8) is 0 Å². The van der Waals surface area contributed by atoms with Gasteiger partial charge in [-0.05, 0) is 50.5 Å². The monoisotopic (exact) mass is 368 g/mol. The minimum absolute atomic E-state index is 0.0499. The van der Waals surface area contributed by atoms with E-state index in [-0.39, 0.29) is 23.8 Å². The number of aryl methyl sites for hydroxylation is 1. The molecule has 2 aromatic heterocycles. The van der Waals surface area contributed by atoms with Crippen LogP contribution >= 0.6 is 11.3 Å². The van der Waals surface area contributed by atoms with Crippen LogP contribution in [0, 0.1) is 12.8 Å². The topological polar surface area (TPSA) is 71.3 Å². The number of amides is 2. The third kappa shape index (κ3) is 3.37. The van der Waals surface area contributed by atoms with Crippen molar-refractivity contribution in [1.82, 2.24) is 5.32 Å². The Morgan fingerprint density at radius 3 is 2.73 bits per heavy atom. The van der Waals surface area contributed by atoms with Crippen LogP contribution in [0.3, 0.4) is 0 Å². The molecule has 2 N–H and O–H groups in total. The molecule has 1 aliphatic carbocycles. The van der Waals surface area contributed by atoms with Crippen LogP contribution in [-0.4, -0.2) is 11.8 Å². The first-order valence-corrected chi connectivity index (χ1v) is 9.53. The number of para-hydroxylation sites is 1. The van der Waals surface area contributed by atoms with Gasteiger partial charge < -0.3 is 15.1 Å². The van der Waals surface area contributed by atoms with Crippen molar-refractivity contribution < 1.29 is 14.0 Å². The summed E-state index contributed by atoms with van der Waals surface area (Å²) < 4.78 is 5.82. The molecular weight excluding hydrogens is 348 g/mol. The van der Waals surface area contributed by atoms with Gasteiger partial charge in [-0.3, -0.25) is 9.59 Å². The minimum Gasteiger partial charge on any atom is -0.459 e. The van der Waals surface area contributed by atoms with E-state index >= 15 is 0 Å². The lowest BCUT2D eigenvalue weighted by Gasteiger charge is -2.10. The molecule has 0 radical (unpaired) electrons. The van der Waals surface area contributed by atoms with Crippen molar-refractivity contribution in [2.75, 3.05) is 5.32 Å². The summed E-state index contributed by atoms with van der Waals surface area (Å²) in [6.45, 7) is 3.78. The number of hydrogen-bond acceptors (Lipinski definition) is 4. The Morgan fingerprint density at radius 2 is 2.00 bits per heavy atom. The molecule has 1 fully saturated rings. The van der Waals surface area contributed by atoms with E-state index in [1.807, 2.05) is 50.2 Å². The lowest BCUT2D eigenvalue weighted by atomic mass is 10.2. The van der Waals surface area contributed by atoms with E-state index in [0.29, 0.717) is 4.88 Å². The van der Waals surface area contributed by atoms with Gasteiger partial charge in [0.1, 0.15) is 11.3 Å². The average Bonchev–Trinajstić information content (AvgIpc) is 3.27. The standard InChI is InChI=1S/C20H20N2O3S/c1-11-9-17(22-19(23)13-7-8-13)26-18(11)20(24)21-12(2)16-10-14-5-3-4-6-15(14)25-16/h3-6,9-10,12-13H,7-8H2,1-2H3,(H,21,24)(H,22,23). The molecule has 26 heavy (non-hydrogen) atoms. The first-order valence-electron chi connectivity index (χ1n) is 8.72. The molecule has 1 unspecified atom stereocenters. The zero-order valence-corrected chi connectivity index (χ0v) is 15.5. The maximum Gasteiger partial charge on any atom is 0.262 e. The number of fused-ring (bicyclic) bond motifs is 1. The van der Waals surface area contributed by atoms with Crippen molar-refractivity contribution in [3.05, 3.63) is 52.6 Å². The molecular formula is C20H20N2O3S. The molecule has 2 heterocycles. The maximum atomic E-state index is 12.7. The first-order chi connectivity index (χ1) is 12.5. The van der Waals surface area contributed by atoms with Crippen molar-refractivity contribution >= 4 is 39.1 Å². The summed E-state index contributed by atoms with van der Waals surface area (Å²) in [4.78, 5) is 25.2. The van der Waals surface area contributed by atoms with E-state index in [4.69, 9.17) is 4.42 Å². The summed E-state index contributed by atoms with van der Waals surface area (Å²) in [6.07, 6.45) is 1.91. The number of benzene rings is 1. The lowest BCUT2D eigenvalue weighted by molar-refractivity contribution is -0.117. The second-order valence-corrected chi connectivity index (χ2v) is 7.82. The maximum absolute atomic E-state index is 12.7. The third-order valence-electron chi connectivity index (χ3n) is 4.54. The van der Waals surface area contributed by atoms with E-state index < -0.39 is 0 Å². The normalized spacial score (nSPS) is 15.0. The zero-order chi connectivity index (χ0) is 18.3. The van der Waals surface area contributed by atoms with E-state index in [1.165, 1.54) is 11.3 Å². The lowest BCUT2D eigenvalue weighted by Crippen LogP contribution is -2.26. The SMILES string of the molecule is Cc1cc(NC(=O)C2CC2)sc1C(=O)NC(C)c1cc2ccccc2o1. The van der Waals surface area contributed by atoms with Crippen LogP contribution in [0.5, 0.6) is 0 Å². The molecule has 1 saturated carbocycles. The van der Waals surface area contributed by atoms with Crippen LogP contribution in [0.25, 0.3) is 11.0 Å². The summed E-state index contributed by atoms with van der Waals surface area (Å²) >= 11 is 1.31. The minimum atomic E-state index is -0.249. The molecule has 6 heteroatoms. The van der Waals surface area contributed by atoms with Crippen LogP contribution < -0.4 is 10.6 Å². The Labute approximate surface area is 155 Å². The molecule has 2 amide bonds. The summed E-state index contributed by atoms with van der Waals surface area (Å²) in [7, 11) is 0. The average molecular weight is 368 g/mol. The van der Waals surface area contributed by atoms with Gasteiger partial charge in [-0.2, -0.15) is 0 Å². The largest absolute Gasteiger partial charge is 0.459 e. The zero-order valence-electron chi connectivity index (χ0n) is 14.7. The van der Waals surface area contributed by atoms with Gasteiger partial charge in [0.2, 0.25) is 5.91 Å². The summed E-state index contributed by atoms with van der Waals surface area (Å²) in [6, 6.07) is 11.3. The highest BCUT2D eigenvalue weighted by Crippen LogP contribution is 2.33. The molecule has 1 atom stereocenters. The van der Waals surface area contributed by atoms with Gasteiger partial charge in [0, 0.05) is 11.3 Å².